The van der Waals surface area contributed by atoms with Crippen LogP contribution in [-0.4, -0.2) is 91.8 Å². The number of piperazine rings is 1. The Morgan fingerprint density at radius 2 is 1.81 bits per heavy atom. The minimum absolute atomic E-state index is 0.0363. The van der Waals surface area contributed by atoms with Crippen LogP contribution in [0.25, 0.3) is 0 Å². The lowest BCUT2D eigenvalue weighted by atomic mass is 10.1. The number of rotatable bonds is 6. The van der Waals surface area contributed by atoms with E-state index in [4.69, 9.17) is 14.5 Å². The smallest absolute Gasteiger partial charge is 0.239 e. The van der Waals surface area contributed by atoms with Gasteiger partial charge in [-0.05, 0) is 50.8 Å². The van der Waals surface area contributed by atoms with Crippen LogP contribution in [0, 0.1) is 0 Å². The molecular weight excluding hydrogens is 394 g/mol. The zero-order chi connectivity index (χ0) is 21.6. The highest BCUT2D eigenvalue weighted by atomic mass is 16.7. The first-order valence-corrected chi connectivity index (χ1v) is 11.6. The molecule has 0 radical (unpaired) electrons. The minimum atomic E-state index is -0.0363. The number of aliphatic imine (C=N–C) groups is 1. The zero-order valence-corrected chi connectivity index (χ0v) is 18.8. The van der Waals surface area contributed by atoms with Crippen LogP contribution in [0.3, 0.4) is 0 Å². The van der Waals surface area contributed by atoms with E-state index in [-0.39, 0.29) is 11.9 Å². The molecule has 170 valence electrons. The van der Waals surface area contributed by atoms with Gasteiger partial charge in [0.25, 0.3) is 0 Å². The summed E-state index contributed by atoms with van der Waals surface area (Å²) >= 11 is 0. The van der Waals surface area contributed by atoms with E-state index in [2.05, 4.69) is 35.0 Å². The molecule has 2 saturated heterocycles. The quantitative estimate of drug-likeness (QED) is 0.547. The largest absolute Gasteiger partial charge is 0.454 e. The number of likely N-dealkylation sites (tertiary alicyclic amines) is 1. The van der Waals surface area contributed by atoms with Gasteiger partial charge in [0.15, 0.2) is 17.5 Å². The lowest BCUT2D eigenvalue weighted by molar-refractivity contribution is -0.135. The summed E-state index contributed by atoms with van der Waals surface area (Å²) in [5.74, 6) is 2.88. The predicted octanol–water partition coefficient (Wildman–Crippen LogP) is 1.55. The van der Waals surface area contributed by atoms with E-state index in [9.17, 15) is 4.79 Å². The van der Waals surface area contributed by atoms with Gasteiger partial charge in [0.05, 0.1) is 6.04 Å². The summed E-state index contributed by atoms with van der Waals surface area (Å²) in [6.45, 7) is 11.4. The monoisotopic (exact) mass is 429 g/mol. The van der Waals surface area contributed by atoms with Crippen LogP contribution in [0.4, 0.5) is 0 Å². The normalized spacial score (nSPS) is 20.3. The van der Waals surface area contributed by atoms with Gasteiger partial charge in [0.1, 0.15) is 0 Å². The van der Waals surface area contributed by atoms with Gasteiger partial charge in [0, 0.05) is 52.4 Å². The fourth-order valence-electron chi connectivity index (χ4n) is 4.49. The Morgan fingerprint density at radius 1 is 1.06 bits per heavy atom. The summed E-state index contributed by atoms with van der Waals surface area (Å²) in [4.78, 5) is 24.2. The number of carbonyl (C=O) groups excluding carboxylic acids is 1. The van der Waals surface area contributed by atoms with Gasteiger partial charge in [-0.1, -0.05) is 6.07 Å². The molecule has 0 bridgehead atoms. The van der Waals surface area contributed by atoms with Crippen molar-refractivity contribution in [3.8, 4) is 11.5 Å². The average Bonchev–Trinajstić information content (AvgIpc) is 3.49. The second-order valence-electron chi connectivity index (χ2n) is 8.40. The molecule has 4 rings (SSSR count). The highest BCUT2D eigenvalue weighted by Crippen LogP contribution is 2.32. The molecule has 1 aromatic rings. The van der Waals surface area contributed by atoms with Crippen LogP contribution in [0.2, 0.25) is 0 Å². The standard InChI is InChI=1S/C23H35N5O3/c1-3-24-23(25-9-8-19-6-7-20-21(16-19)31-17-30-20)28-14-12-26(13-15-28)18(2)22(29)27-10-4-5-11-27/h6-7,16,18H,3-5,8-15,17H2,1-2H3,(H,24,25). The van der Waals surface area contributed by atoms with E-state index in [0.717, 1.165) is 82.5 Å². The number of hydrogen-bond acceptors (Lipinski definition) is 5. The first-order valence-electron chi connectivity index (χ1n) is 11.6. The Bertz CT molecular complexity index is 785. The second-order valence-corrected chi connectivity index (χ2v) is 8.40. The van der Waals surface area contributed by atoms with Crippen molar-refractivity contribution in [2.45, 2.75) is 39.2 Å². The molecule has 1 atom stereocenters. The van der Waals surface area contributed by atoms with Crippen LogP contribution < -0.4 is 14.8 Å². The summed E-state index contributed by atoms with van der Waals surface area (Å²) in [6.07, 6.45) is 3.13. The molecule has 1 amide bonds. The second kappa shape index (κ2) is 10.2. The predicted molar refractivity (Wildman–Crippen MR) is 121 cm³/mol. The fourth-order valence-corrected chi connectivity index (χ4v) is 4.49. The Kier molecular flexibility index (Phi) is 7.17. The third kappa shape index (κ3) is 5.23. The Labute approximate surface area is 185 Å². The molecule has 3 aliphatic heterocycles. The van der Waals surface area contributed by atoms with Crippen molar-refractivity contribution in [3.05, 3.63) is 23.8 Å². The van der Waals surface area contributed by atoms with Crippen molar-refractivity contribution >= 4 is 11.9 Å². The minimum Gasteiger partial charge on any atom is -0.454 e. The van der Waals surface area contributed by atoms with Crippen molar-refractivity contribution < 1.29 is 14.3 Å². The average molecular weight is 430 g/mol. The molecule has 0 saturated carbocycles. The number of nitrogens with one attached hydrogen (secondary N) is 1. The highest BCUT2D eigenvalue weighted by molar-refractivity contribution is 5.82. The molecule has 31 heavy (non-hydrogen) atoms. The molecule has 8 heteroatoms. The number of hydrogen-bond donors (Lipinski definition) is 1. The number of benzene rings is 1. The molecule has 1 aromatic carbocycles. The zero-order valence-electron chi connectivity index (χ0n) is 18.8. The van der Waals surface area contributed by atoms with Crippen molar-refractivity contribution in [1.29, 1.82) is 0 Å². The van der Waals surface area contributed by atoms with Gasteiger partial charge in [-0.25, -0.2) is 0 Å². The molecule has 0 spiro atoms. The molecule has 8 nitrogen and oxygen atoms in total. The lowest BCUT2D eigenvalue weighted by Crippen LogP contribution is -2.57. The maximum atomic E-state index is 12.7. The molecule has 3 heterocycles. The van der Waals surface area contributed by atoms with Crippen molar-refractivity contribution in [2.24, 2.45) is 4.99 Å². The van der Waals surface area contributed by atoms with Gasteiger partial charge >= 0.3 is 0 Å². The molecule has 0 aliphatic carbocycles. The van der Waals surface area contributed by atoms with Crippen LogP contribution >= 0.6 is 0 Å². The first kappa shape index (κ1) is 21.7. The number of ether oxygens (including phenoxy) is 2. The first-order chi connectivity index (χ1) is 15.2. The molecular formula is C23H35N5O3. The van der Waals surface area contributed by atoms with E-state index < -0.39 is 0 Å². The van der Waals surface area contributed by atoms with Crippen LogP contribution in [0.15, 0.2) is 23.2 Å². The summed E-state index contributed by atoms with van der Waals surface area (Å²) in [6, 6.07) is 6.05. The van der Waals surface area contributed by atoms with Crippen molar-refractivity contribution in [3.63, 3.8) is 0 Å². The molecule has 3 aliphatic rings. The van der Waals surface area contributed by atoms with Crippen LogP contribution in [-0.2, 0) is 11.2 Å². The highest BCUT2D eigenvalue weighted by Gasteiger charge is 2.30. The van der Waals surface area contributed by atoms with E-state index in [1.54, 1.807) is 0 Å². The summed E-state index contributed by atoms with van der Waals surface area (Å²) in [5, 5.41) is 3.43. The Morgan fingerprint density at radius 3 is 2.55 bits per heavy atom. The summed E-state index contributed by atoms with van der Waals surface area (Å²) < 4.78 is 10.9. The van der Waals surface area contributed by atoms with Gasteiger partial charge < -0.3 is 24.6 Å². The van der Waals surface area contributed by atoms with Gasteiger partial charge in [0.2, 0.25) is 12.7 Å². The molecule has 2 fully saturated rings. The number of carbonyl (C=O) groups is 1. The van der Waals surface area contributed by atoms with Crippen molar-refractivity contribution in [2.75, 3.05) is 59.2 Å². The summed E-state index contributed by atoms with van der Waals surface area (Å²) in [7, 11) is 0. The summed E-state index contributed by atoms with van der Waals surface area (Å²) in [5.41, 5.74) is 1.20. The maximum Gasteiger partial charge on any atom is 0.239 e. The van der Waals surface area contributed by atoms with Crippen LogP contribution in [0.5, 0.6) is 11.5 Å². The van der Waals surface area contributed by atoms with E-state index in [0.29, 0.717) is 13.3 Å². The van der Waals surface area contributed by atoms with E-state index in [1.165, 1.54) is 5.56 Å². The molecule has 1 unspecified atom stereocenters. The van der Waals surface area contributed by atoms with Gasteiger partial charge in [-0.2, -0.15) is 0 Å². The van der Waals surface area contributed by atoms with Gasteiger partial charge in [-0.15, -0.1) is 0 Å². The third-order valence-electron chi connectivity index (χ3n) is 6.37. The number of amides is 1. The van der Waals surface area contributed by atoms with Crippen LogP contribution in [0.1, 0.15) is 32.3 Å². The lowest BCUT2D eigenvalue weighted by Gasteiger charge is -2.39. The Balaban J connectivity index is 1.29. The number of guanidine groups is 1. The fraction of sp³-hybridized carbons (Fsp3) is 0.652. The molecule has 1 N–H and O–H groups in total. The number of nitrogens with zero attached hydrogens (tertiary/aromatic N) is 4. The third-order valence-corrected chi connectivity index (χ3v) is 6.37. The Hall–Kier alpha value is -2.48. The van der Waals surface area contributed by atoms with E-state index in [1.807, 2.05) is 17.0 Å². The van der Waals surface area contributed by atoms with E-state index >= 15 is 0 Å². The SMILES string of the molecule is CCNC(=NCCc1ccc2c(c1)OCO2)N1CCN(C(C)C(=O)N2CCCC2)CC1. The van der Waals surface area contributed by atoms with Gasteiger partial charge in [-0.3, -0.25) is 14.7 Å². The number of fused-ring (bicyclic) bond motifs is 1. The topological polar surface area (TPSA) is 69.6 Å². The van der Waals surface area contributed by atoms with Crippen molar-refractivity contribution in [1.82, 2.24) is 20.0 Å². The molecule has 0 aromatic heterocycles. The maximum absolute atomic E-state index is 12.7.